The molecule has 8 heteroatoms. The van der Waals surface area contributed by atoms with E-state index in [4.69, 9.17) is 4.74 Å². The van der Waals surface area contributed by atoms with Crippen LogP contribution in [0, 0.1) is 18.8 Å². The number of nitrogens with zero attached hydrogens (tertiary/aromatic N) is 1. The smallest absolute Gasteiger partial charge is 0.262 e. The van der Waals surface area contributed by atoms with Gasteiger partial charge in [0.25, 0.3) is 10.0 Å². The predicted octanol–water partition coefficient (Wildman–Crippen LogP) is 3.87. The van der Waals surface area contributed by atoms with E-state index in [2.05, 4.69) is 4.72 Å². The van der Waals surface area contributed by atoms with Crippen LogP contribution in [0.25, 0.3) is 0 Å². The van der Waals surface area contributed by atoms with E-state index in [9.17, 15) is 18.0 Å². The van der Waals surface area contributed by atoms with Crippen LogP contribution in [-0.2, 0) is 26.2 Å². The molecule has 170 valence electrons. The zero-order valence-corrected chi connectivity index (χ0v) is 19.2. The standard InChI is InChI=1S/C24H28N2O5S/c1-3-31-19-12-10-18(11-13-19)25-32(29,30)22-14-17(9-8-16(22)2)15-26-23(27)20-6-4-5-7-21(20)24(26)28/h8-14,20-21,25H,3-7,15H2,1-2H3/t20-,21-/m1/s1. The molecular formula is C24H28N2O5S. The number of carbonyl (C=O) groups excluding carboxylic acids is 2. The normalized spacial score (nSPS) is 20.9. The van der Waals surface area contributed by atoms with E-state index >= 15 is 0 Å². The topological polar surface area (TPSA) is 92.8 Å². The molecular weight excluding hydrogens is 428 g/mol. The third-order valence-corrected chi connectivity index (χ3v) is 7.76. The fourth-order valence-electron chi connectivity index (χ4n) is 4.60. The number of aryl methyl sites for hydroxylation is 1. The molecule has 1 heterocycles. The first kappa shape index (κ1) is 22.3. The Labute approximate surface area is 188 Å². The van der Waals surface area contributed by atoms with Crippen LogP contribution in [0.5, 0.6) is 5.75 Å². The molecule has 0 aromatic heterocycles. The fraction of sp³-hybridized carbons (Fsp3) is 0.417. The second-order valence-electron chi connectivity index (χ2n) is 8.42. The van der Waals surface area contributed by atoms with Gasteiger partial charge in [0, 0.05) is 5.69 Å². The van der Waals surface area contributed by atoms with Crippen LogP contribution in [0.15, 0.2) is 47.4 Å². The Hall–Kier alpha value is -2.87. The van der Waals surface area contributed by atoms with Crippen molar-refractivity contribution in [3.8, 4) is 5.75 Å². The number of ether oxygens (including phenoxy) is 1. The zero-order valence-electron chi connectivity index (χ0n) is 18.3. The lowest BCUT2D eigenvalue weighted by molar-refractivity contribution is -0.140. The maximum Gasteiger partial charge on any atom is 0.262 e. The summed E-state index contributed by atoms with van der Waals surface area (Å²) < 4.78 is 34.1. The highest BCUT2D eigenvalue weighted by molar-refractivity contribution is 7.92. The molecule has 4 rings (SSSR count). The molecule has 32 heavy (non-hydrogen) atoms. The van der Waals surface area contributed by atoms with Crippen molar-refractivity contribution < 1.29 is 22.7 Å². The third kappa shape index (κ3) is 4.37. The van der Waals surface area contributed by atoms with E-state index in [0.717, 1.165) is 25.7 Å². The number of hydrogen-bond acceptors (Lipinski definition) is 5. The van der Waals surface area contributed by atoms with Crippen molar-refractivity contribution >= 4 is 27.5 Å². The van der Waals surface area contributed by atoms with Crippen LogP contribution in [0.2, 0.25) is 0 Å². The number of benzene rings is 2. The van der Waals surface area contributed by atoms with Gasteiger partial charge in [-0.1, -0.05) is 25.0 Å². The van der Waals surface area contributed by atoms with Crippen molar-refractivity contribution in [3.63, 3.8) is 0 Å². The van der Waals surface area contributed by atoms with Gasteiger partial charge in [-0.15, -0.1) is 0 Å². The number of likely N-dealkylation sites (tertiary alicyclic amines) is 1. The van der Waals surface area contributed by atoms with Gasteiger partial charge in [0.2, 0.25) is 11.8 Å². The Kier molecular flexibility index (Phi) is 6.24. The second kappa shape index (κ2) is 8.94. The van der Waals surface area contributed by atoms with Crippen molar-refractivity contribution in [3.05, 3.63) is 53.6 Å². The van der Waals surface area contributed by atoms with E-state index in [1.54, 1.807) is 49.4 Å². The summed E-state index contributed by atoms with van der Waals surface area (Å²) in [4.78, 5) is 27.0. The van der Waals surface area contributed by atoms with Crippen molar-refractivity contribution in [1.82, 2.24) is 4.90 Å². The van der Waals surface area contributed by atoms with Gasteiger partial charge in [0.15, 0.2) is 0 Å². The summed E-state index contributed by atoms with van der Waals surface area (Å²) in [6, 6.07) is 11.7. The first-order valence-corrected chi connectivity index (χ1v) is 12.5. The van der Waals surface area contributed by atoms with Gasteiger partial charge in [-0.05, 0) is 68.1 Å². The van der Waals surface area contributed by atoms with E-state index in [-0.39, 0.29) is 35.1 Å². The molecule has 1 aliphatic carbocycles. The molecule has 0 radical (unpaired) electrons. The number of nitrogens with one attached hydrogen (secondary N) is 1. The molecule has 1 saturated heterocycles. The molecule has 7 nitrogen and oxygen atoms in total. The van der Waals surface area contributed by atoms with Crippen molar-refractivity contribution in [2.75, 3.05) is 11.3 Å². The molecule has 2 aliphatic rings. The molecule has 2 atom stereocenters. The second-order valence-corrected chi connectivity index (χ2v) is 10.1. The molecule has 1 N–H and O–H groups in total. The van der Waals surface area contributed by atoms with Gasteiger partial charge in [-0.3, -0.25) is 19.2 Å². The number of imide groups is 1. The molecule has 0 bridgehead atoms. The molecule has 2 amide bonds. The Morgan fingerprint density at radius 1 is 1.00 bits per heavy atom. The van der Waals surface area contributed by atoms with E-state index in [0.29, 0.717) is 29.2 Å². The summed E-state index contributed by atoms with van der Waals surface area (Å²) >= 11 is 0. The lowest BCUT2D eigenvalue weighted by Crippen LogP contribution is -2.30. The Balaban J connectivity index is 1.54. The van der Waals surface area contributed by atoms with Crippen LogP contribution < -0.4 is 9.46 Å². The number of sulfonamides is 1. The summed E-state index contributed by atoms with van der Waals surface area (Å²) in [6.07, 6.45) is 3.45. The van der Waals surface area contributed by atoms with Gasteiger partial charge in [-0.2, -0.15) is 0 Å². The predicted molar refractivity (Wildman–Crippen MR) is 121 cm³/mol. The van der Waals surface area contributed by atoms with Gasteiger partial charge in [-0.25, -0.2) is 8.42 Å². The third-order valence-electron chi connectivity index (χ3n) is 6.23. The molecule has 0 unspecified atom stereocenters. The lowest BCUT2D eigenvalue weighted by atomic mass is 9.81. The molecule has 0 spiro atoms. The van der Waals surface area contributed by atoms with Crippen LogP contribution >= 0.6 is 0 Å². The maximum atomic E-state index is 13.1. The van der Waals surface area contributed by atoms with E-state index in [1.165, 1.54) is 4.90 Å². The highest BCUT2D eigenvalue weighted by Crippen LogP contribution is 2.38. The largest absolute Gasteiger partial charge is 0.494 e. The number of hydrogen-bond donors (Lipinski definition) is 1. The van der Waals surface area contributed by atoms with Gasteiger partial charge >= 0.3 is 0 Å². The van der Waals surface area contributed by atoms with Crippen molar-refractivity contribution in [2.45, 2.75) is 51.0 Å². The Bertz CT molecular complexity index is 1100. The number of rotatable bonds is 7. The number of carbonyl (C=O) groups is 2. The van der Waals surface area contributed by atoms with Gasteiger partial charge in [0.05, 0.1) is 29.9 Å². The summed E-state index contributed by atoms with van der Waals surface area (Å²) in [7, 11) is -3.85. The maximum absolute atomic E-state index is 13.1. The average Bonchev–Trinajstić information content (AvgIpc) is 3.01. The number of anilines is 1. The zero-order chi connectivity index (χ0) is 22.9. The Morgan fingerprint density at radius 3 is 2.22 bits per heavy atom. The molecule has 1 saturated carbocycles. The number of fused-ring (bicyclic) bond motifs is 1. The van der Waals surface area contributed by atoms with Crippen molar-refractivity contribution in [1.29, 1.82) is 0 Å². The van der Waals surface area contributed by atoms with E-state index in [1.807, 2.05) is 6.92 Å². The van der Waals surface area contributed by atoms with Gasteiger partial charge < -0.3 is 4.74 Å². The summed E-state index contributed by atoms with van der Waals surface area (Å²) in [5, 5.41) is 0. The molecule has 2 aromatic rings. The quantitative estimate of drug-likeness (QED) is 0.639. The Morgan fingerprint density at radius 2 is 1.62 bits per heavy atom. The van der Waals surface area contributed by atoms with Crippen LogP contribution in [0.4, 0.5) is 5.69 Å². The summed E-state index contributed by atoms with van der Waals surface area (Å²) in [5.41, 5.74) is 1.62. The first-order valence-electron chi connectivity index (χ1n) is 11.0. The molecule has 2 aromatic carbocycles. The lowest BCUT2D eigenvalue weighted by Gasteiger charge is -2.19. The minimum absolute atomic E-state index is 0.0938. The first-order chi connectivity index (χ1) is 15.3. The minimum Gasteiger partial charge on any atom is -0.494 e. The molecule has 1 aliphatic heterocycles. The molecule has 2 fully saturated rings. The minimum atomic E-state index is -3.85. The monoisotopic (exact) mass is 456 g/mol. The highest BCUT2D eigenvalue weighted by atomic mass is 32.2. The van der Waals surface area contributed by atoms with Crippen molar-refractivity contribution in [2.24, 2.45) is 11.8 Å². The SMILES string of the molecule is CCOc1ccc(NS(=O)(=O)c2cc(CN3C(=O)[C@@H]4CCCC[C@H]4C3=O)ccc2C)cc1. The van der Waals surface area contributed by atoms with Crippen LogP contribution in [-0.4, -0.2) is 31.7 Å². The average molecular weight is 457 g/mol. The van der Waals surface area contributed by atoms with Crippen LogP contribution in [0.3, 0.4) is 0 Å². The van der Waals surface area contributed by atoms with E-state index < -0.39 is 10.0 Å². The summed E-state index contributed by atoms with van der Waals surface area (Å²) in [5.74, 6) is -0.0269. The van der Waals surface area contributed by atoms with Gasteiger partial charge in [0.1, 0.15) is 5.75 Å². The highest BCUT2D eigenvalue weighted by Gasteiger charge is 2.47. The fourth-order valence-corrected chi connectivity index (χ4v) is 5.95. The summed E-state index contributed by atoms with van der Waals surface area (Å²) in [6.45, 7) is 4.22. The number of amides is 2. The van der Waals surface area contributed by atoms with Crippen LogP contribution in [0.1, 0.15) is 43.7 Å².